The summed E-state index contributed by atoms with van der Waals surface area (Å²) in [4.78, 5) is 4.19. The molecular formula is C22H24FN2P. The largest absolute Gasteiger partial charge is 0.378 e. The fourth-order valence-corrected chi connectivity index (χ4v) is 5.07. The highest BCUT2D eigenvalue weighted by molar-refractivity contribution is 7.79. The lowest BCUT2D eigenvalue weighted by Crippen LogP contribution is -2.21. The highest BCUT2D eigenvalue weighted by atomic mass is 31.1. The molecule has 0 saturated heterocycles. The van der Waals surface area contributed by atoms with Crippen LogP contribution in [0.1, 0.15) is 0 Å². The molecule has 0 bridgehead atoms. The van der Waals surface area contributed by atoms with Crippen LogP contribution in [0.25, 0.3) is 0 Å². The van der Waals surface area contributed by atoms with Gasteiger partial charge in [-0.2, -0.15) is 0 Å². The first kappa shape index (κ1) is 18.4. The molecule has 26 heavy (non-hydrogen) atoms. The molecule has 0 aliphatic carbocycles. The fourth-order valence-electron chi connectivity index (χ4n) is 2.84. The zero-order valence-corrected chi connectivity index (χ0v) is 16.5. The summed E-state index contributed by atoms with van der Waals surface area (Å²) in [6.45, 7) is 0. The number of hydrogen-bond acceptors (Lipinski definition) is 2. The first-order valence-electron chi connectivity index (χ1n) is 8.56. The van der Waals surface area contributed by atoms with Gasteiger partial charge in [0.15, 0.2) is 0 Å². The molecule has 0 saturated carbocycles. The minimum atomic E-state index is -0.725. The van der Waals surface area contributed by atoms with Crippen molar-refractivity contribution in [2.75, 3.05) is 38.0 Å². The lowest BCUT2D eigenvalue weighted by atomic mass is 10.3. The van der Waals surface area contributed by atoms with Gasteiger partial charge in [-0.3, -0.25) is 0 Å². The third kappa shape index (κ3) is 4.05. The molecule has 0 aromatic heterocycles. The van der Waals surface area contributed by atoms with Gasteiger partial charge >= 0.3 is 0 Å². The zero-order chi connectivity index (χ0) is 18.7. The van der Waals surface area contributed by atoms with Gasteiger partial charge in [-0.25, -0.2) is 4.39 Å². The molecule has 0 radical (unpaired) electrons. The van der Waals surface area contributed by atoms with Crippen LogP contribution in [0, 0.1) is 5.82 Å². The molecule has 0 unspecified atom stereocenters. The standard InChI is InChI=1S/C22H24FN2P/c1-24(2)18-7-13-21(14-8-18)26(20-11-5-17(23)6-12-20)22-15-9-19(10-16-22)25(3)4/h5-16H,1-4H3. The molecule has 134 valence electrons. The second kappa shape index (κ2) is 7.88. The molecule has 0 atom stereocenters. The second-order valence-corrected chi connectivity index (χ2v) is 8.85. The molecule has 0 fully saturated rings. The van der Waals surface area contributed by atoms with Crippen molar-refractivity contribution in [1.82, 2.24) is 0 Å². The van der Waals surface area contributed by atoms with Gasteiger partial charge in [0.05, 0.1) is 0 Å². The Morgan fingerprint density at radius 1 is 0.538 bits per heavy atom. The second-order valence-electron chi connectivity index (χ2n) is 6.63. The molecule has 0 heterocycles. The minimum absolute atomic E-state index is 0.199. The van der Waals surface area contributed by atoms with Crippen LogP contribution in [0.5, 0.6) is 0 Å². The summed E-state index contributed by atoms with van der Waals surface area (Å²) >= 11 is 0. The number of nitrogens with zero attached hydrogens (tertiary/aromatic N) is 2. The Bertz CT molecular complexity index is 789. The number of hydrogen-bond donors (Lipinski definition) is 0. The summed E-state index contributed by atoms with van der Waals surface area (Å²) in [7, 11) is 7.43. The minimum Gasteiger partial charge on any atom is -0.378 e. The van der Waals surface area contributed by atoms with Gasteiger partial charge in [-0.15, -0.1) is 0 Å². The van der Waals surface area contributed by atoms with Crippen molar-refractivity contribution in [3.05, 3.63) is 78.6 Å². The smallest absolute Gasteiger partial charge is 0.123 e. The van der Waals surface area contributed by atoms with E-state index in [1.54, 1.807) is 12.1 Å². The average Bonchev–Trinajstić information content (AvgIpc) is 2.64. The summed E-state index contributed by atoms with van der Waals surface area (Å²) in [5.74, 6) is -0.199. The van der Waals surface area contributed by atoms with E-state index in [9.17, 15) is 4.39 Å². The Morgan fingerprint density at radius 2 is 0.846 bits per heavy atom. The van der Waals surface area contributed by atoms with Gasteiger partial charge in [0, 0.05) is 39.6 Å². The molecule has 0 aliphatic heterocycles. The molecule has 3 rings (SSSR count). The Labute approximate surface area is 156 Å². The molecule has 3 aromatic rings. The van der Waals surface area contributed by atoms with Crippen molar-refractivity contribution < 1.29 is 4.39 Å². The van der Waals surface area contributed by atoms with Crippen molar-refractivity contribution in [1.29, 1.82) is 0 Å². The summed E-state index contributed by atoms with van der Waals surface area (Å²) in [6.07, 6.45) is 0. The summed E-state index contributed by atoms with van der Waals surface area (Å²) in [5, 5.41) is 3.67. The molecule has 0 N–H and O–H groups in total. The van der Waals surface area contributed by atoms with E-state index < -0.39 is 7.92 Å². The van der Waals surface area contributed by atoms with Crippen LogP contribution in [-0.2, 0) is 0 Å². The van der Waals surface area contributed by atoms with Crippen LogP contribution in [-0.4, -0.2) is 28.2 Å². The molecular weight excluding hydrogens is 342 g/mol. The monoisotopic (exact) mass is 366 g/mol. The van der Waals surface area contributed by atoms with Crippen LogP contribution in [0.3, 0.4) is 0 Å². The van der Waals surface area contributed by atoms with Gasteiger partial charge in [0.1, 0.15) is 5.82 Å². The van der Waals surface area contributed by atoms with Crippen LogP contribution >= 0.6 is 7.92 Å². The normalized spacial score (nSPS) is 10.8. The molecule has 3 aromatic carbocycles. The van der Waals surface area contributed by atoms with Gasteiger partial charge in [-0.05, 0) is 60.2 Å². The van der Waals surface area contributed by atoms with Crippen molar-refractivity contribution in [3.63, 3.8) is 0 Å². The number of halogens is 1. The van der Waals surface area contributed by atoms with E-state index in [0.29, 0.717) is 0 Å². The average molecular weight is 366 g/mol. The molecule has 0 amide bonds. The number of benzene rings is 3. The van der Waals surface area contributed by atoms with E-state index in [1.807, 2.05) is 40.3 Å². The van der Waals surface area contributed by atoms with E-state index in [1.165, 1.54) is 22.0 Å². The van der Waals surface area contributed by atoms with Crippen LogP contribution in [0.4, 0.5) is 15.8 Å². The third-order valence-corrected chi connectivity index (χ3v) is 6.78. The SMILES string of the molecule is CN(C)c1ccc(P(c2ccc(F)cc2)c2ccc(N(C)C)cc2)cc1. The first-order valence-corrected chi connectivity index (χ1v) is 9.90. The van der Waals surface area contributed by atoms with E-state index in [0.717, 1.165) is 5.30 Å². The van der Waals surface area contributed by atoms with Gasteiger partial charge < -0.3 is 9.80 Å². The maximum absolute atomic E-state index is 13.4. The topological polar surface area (TPSA) is 6.48 Å². The van der Waals surface area contributed by atoms with Crippen molar-refractivity contribution >= 4 is 35.2 Å². The Morgan fingerprint density at radius 3 is 1.15 bits per heavy atom. The fraction of sp³-hybridized carbons (Fsp3) is 0.182. The highest BCUT2D eigenvalue weighted by Gasteiger charge is 2.17. The van der Waals surface area contributed by atoms with E-state index in [-0.39, 0.29) is 5.82 Å². The maximum atomic E-state index is 13.4. The Kier molecular flexibility index (Phi) is 5.58. The van der Waals surface area contributed by atoms with Crippen molar-refractivity contribution in [2.24, 2.45) is 0 Å². The van der Waals surface area contributed by atoms with Crippen LogP contribution in [0.2, 0.25) is 0 Å². The predicted octanol–water partition coefficient (Wildman–Crippen LogP) is 3.72. The summed E-state index contributed by atoms with van der Waals surface area (Å²) in [5.41, 5.74) is 2.34. The van der Waals surface area contributed by atoms with Crippen LogP contribution in [0.15, 0.2) is 72.8 Å². The summed E-state index contributed by atoms with van der Waals surface area (Å²) < 4.78 is 13.4. The van der Waals surface area contributed by atoms with Gasteiger partial charge in [0.25, 0.3) is 0 Å². The quantitative estimate of drug-likeness (QED) is 0.635. The number of rotatable bonds is 5. The molecule has 2 nitrogen and oxygen atoms in total. The van der Waals surface area contributed by atoms with Crippen LogP contribution < -0.4 is 25.7 Å². The van der Waals surface area contributed by atoms with E-state index in [2.05, 4.69) is 58.3 Å². The lowest BCUT2D eigenvalue weighted by Gasteiger charge is -2.22. The van der Waals surface area contributed by atoms with Gasteiger partial charge in [-0.1, -0.05) is 36.4 Å². The Hall–Kier alpha value is -2.38. The molecule has 0 spiro atoms. The van der Waals surface area contributed by atoms with Gasteiger partial charge in [0.2, 0.25) is 0 Å². The first-order chi connectivity index (χ1) is 12.5. The highest BCUT2D eigenvalue weighted by Crippen LogP contribution is 2.34. The Balaban J connectivity index is 2.05. The summed E-state index contributed by atoms with van der Waals surface area (Å²) in [6, 6.07) is 24.2. The van der Waals surface area contributed by atoms with E-state index >= 15 is 0 Å². The number of anilines is 2. The maximum Gasteiger partial charge on any atom is 0.123 e. The predicted molar refractivity (Wildman–Crippen MR) is 114 cm³/mol. The third-order valence-electron chi connectivity index (χ3n) is 4.33. The molecule has 0 aliphatic rings. The van der Waals surface area contributed by atoms with Crippen molar-refractivity contribution in [3.8, 4) is 0 Å². The zero-order valence-electron chi connectivity index (χ0n) is 15.6. The van der Waals surface area contributed by atoms with E-state index in [4.69, 9.17) is 0 Å². The lowest BCUT2D eigenvalue weighted by molar-refractivity contribution is 0.628. The molecule has 4 heteroatoms. The van der Waals surface area contributed by atoms with Crippen molar-refractivity contribution in [2.45, 2.75) is 0 Å².